The fourth-order valence-corrected chi connectivity index (χ4v) is 5.06. The van der Waals surface area contributed by atoms with E-state index in [-0.39, 0.29) is 41.4 Å². The van der Waals surface area contributed by atoms with E-state index in [4.69, 9.17) is 0 Å². The van der Waals surface area contributed by atoms with Crippen LogP contribution in [-0.4, -0.2) is 17.7 Å². The lowest BCUT2D eigenvalue weighted by molar-refractivity contribution is -0.123. The van der Waals surface area contributed by atoms with Crippen LogP contribution in [-0.2, 0) is 16.0 Å². The number of imide groups is 1. The van der Waals surface area contributed by atoms with E-state index >= 15 is 0 Å². The maximum atomic E-state index is 12.9. The molecule has 0 aromatic heterocycles. The molecule has 1 N–H and O–H groups in total. The molecule has 2 bridgehead atoms. The summed E-state index contributed by atoms with van der Waals surface area (Å²) in [4.78, 5) is 39.8. The second-order valence-corrected chi connectivity index (χ2v) is 8.02. The van der Waals surface area contributed by atoms with Crippen LogP contribution in [0, 0.1) is 23.7 Å². The van der Waals surface area contributed by atoms with Crippen LogP contribution in [0.3, 0.4) is 0 Å². The SMILES string of the molecule is CCc1ccccc1NC(=O)c1ccc(N2C(=O)[C@@H]3[C@@H](C2=O)[C@@H]2C=C[C@@H]3C2)cc1. The number of fused-ring (bicyclic) bond motifs is 5. The zero-order valence-corrected chi connectivity index (χ0v) is 16.2. The largest absolute Gasteiger partial charge is 0.322 e. The molecule has 4 atom stereocenters. The molecule has 1 aliphatic heterocycles. The van der Waals surface area contributed by atoms with Gasteiger partial charge in [-0.2, -0.15) is 0 Å². The van der Waals surface area contributed by atoms with Gasteiger partial charge in [0.1, 0.15) is 0 Å². The molecule has 1 heterocycles. The minimum Gasteiger partial charge on any atom is -0.322 e. The quantitative estimate of drug-likeness (QED) is 0.642. The molecule has 29 heavy (non-hydrogen) atoms. The van der Waals surface area contributed by atoms with Crippen molar-refractivity contribution >= 4 is 29.1 Å². The lowest BCUT2D eigenvalue weighted by atomic mass is 9.85. The summed E-state index contributed by atoms with van der Waals surface area (Å²) < 4.78 is 0. The molecule has 2 aromatic rings. The average molecular weight is 386 g/mol. The van der Waals surface area contributed by atoms with Crippen LogP contribution in [0.4, 0.5) is 11.4 Å². The fourth-order valence-electron chi connectivity index (χ4n) is 5.06. The number of allylic oxidation sites excluding steroid dienone is 2. The highest BCUT2D eigenvalue weighted by molar-refractivity contribution is 6.23. The molecule has 146 valence electrons. The van der Waals surface area contributed by atoms with Crippen molar-refractivity contribution in [1.82, 2.24) is 0 Å². The maximum absolute atomic E-state index is 12.9. The van der Waals surface area contributed by atoms with Crippen molar-refractivity contribution in [3.63, 3.8) is 0 Å². The Kier molecular flexibility index (Phi) is 4.12. The molecule has 5 nitrogen and oxygen atoms in total. The molecule has 3 aliphatic rings. The molecule has 2 aromatic carbocycles. The number of aryl methyl sites for hydroxylation is 1. The first-order valence-corrected chi connectivity index (χ1v) is 10.1. The van der Waals surface area contributed by atoms with Gasteiger partial charge in [0.2, 0.25) is 11.8 Å². The Hall–Kier alpha value is -3.21. The van der Waals surface area contributed by atoms with Crippen LogP contribution in [0.2, 0.25) is 0 Å². The predicted molar refractivity (Wildman–Crippen MR) is 110 cm³/mol. The van der Waals surface area contributed by atoms with E-state index in [1.807, 2.05) is 31.2 Å². The smallest absolute Gasteiger partial charge is 0.255 e. The lowest BCUT2D eigenvalue weighted by Gasteiger charge is -2.17. The van der Waals surface area contributed by atoms with Crippen LogP contribution in [0.25, 0.3) is 0 Å². The number of para-hydroxylation sites is 1. The summed E-state index contributed by atoms with van der Waals surface area (Å²) in [5, 5.41) is 2.94. The molecule has 1 saturated heterocycles. The number of amides is 3. The third-order valence-corrected chi connectivity index (χ3v) is 6.50. The van der Waals surface area contributed by atoms with Gasteiger partial charge in [0.15, 0.2) is 0 Å². The number of nitrogens with one attached hydrogen (secondary N) is 1. The van der Waals surface area contributed by atoms with Crippen molar-refractivity contribution in [1.29, 1.82) is 0 Å². The Bertz CT molecular complexity index is 1010. The molecule has 0 unspecified atom stereocenters. The molecule has 5 rings (SSSR count). The summed E-state index contributed by atoms with van der Waals surface area (Å²) in [5.74, 6) is -0.477. The second-order valence-electron chi connectivity index (χ2n) is 8.02. The third-order valence-electron chi connectivity index (χ3n) is 6.50. The van der Waals surface area contributed by atoms with Crippen molar-refractivity contribution in [3.8, 4) is 0 Å². The van der Waals surface area contributed by atoms with Crippen molar-refractivity contribution < 1.29 is 14.4 Å². The van der Waals surface area contributed by atoms with E-state index in [1.165, 1.54) is 4.90 Å². The van der Waals surface area contributed by atoms with Crippen molar-refractivity contribution in [2.45, 2.75) is 19.8 Å². The summed E-state index contributed by atoms with van der Waals surface area (Å²) in [6.45, 7) is 2.04. The summed E-state index contributed by atoms with van der Waals surface area (Å²) in [5.41, 5.74) is 2.89. The molecule has 2 aliphatic carbocycles. The number of anilines is 2. The normalized spacial score (nSPS) is 26.9. The minimum absolute atomic E-state index is 0.106. The highest BCUT2D eigenvalue weighted by atomic mass is 16.2. The first-order valence-electron chi connectivity index (χ1n) is 10.1. The van der Waals surface area contributed by atoms with Crippen LogP contribution < -0.4 is 10.2 Å². The summed E-state index contributed by atoms with van der Waals surface area (Å²) in [6.07, 6.45) is 5.91. The van der Waals surface area contributed by atoms with Gasteiger partial charge in [0.05, 0.1) is 17.5 Å². The van der Waals surface area contributed by atoms with Gasteiger partial charge >= 0.3 is 0 Å². The summed E-state index contributed by atoms with van der Waals surface area (Å²) in [7, 11) is 0. The summed E-state index contributed by atoms with van der Waals surface area (Å²) >= 11 is 0. The Balaban J connectivity index is 1.35. The second kappa shape index (κ2) is 6.69. The molecular weight excluding hydrogens is 364 g/mol. The Morgan fingerprint density at radius 3 is 2.21 bits per heavy atom. The Labute approximate surface area is 169 Å². The van der Waals surface area contributed by atoms with Gasteiger partial charge in [-0.1, -0.05) is 37.3 Å². The monoisotopic (exact) mass is 386 g/mol. The zero-order chi connectivity index (χ0) is 20.1. The third kappa shape index (κ3) is 2.72. The van der Waals surface area contributed by atoms with Gasteiger partial charge < -0.3 is 5.32 Å². The van der Waals surface area contributed by atoms with E-state index < -0.39 is 0 Å². The topological polar surface area (TPSA) is 66.5 Å². The van der Waals surface area contributed by atoms with E-state index in [9.17, 15) is 14.4 Å². The van der Waals surface area contributed by atoms with E-state index in [0.29, 0.717) is 11.3 Å². The zero-order valence-electron chi connectivity index (χ0n) is 16.2. The number of benzene rings is 2. The number of hydrogen-bond donors (Lipinski definition) is 1. The Morgan fingerprint density at radius 2 is 1.59 bits per heavy atom. The number of carbonyl (C=O) groups is 3. The molecule has 0 radical (unpaired) electrons. The van der Waals surface area contributed by atoms with Crippen LogP contribution in [0.5, 0.6) is 0 Å². The predicted octanol–water partition coefficient (Wildman–Crippen LogP) is 3.81. The van der Waals surface area contributed by atoms with Gasteiger partial charge in [0, 0.05) is 11.3 Å². The number of rotatable bonds is 4. The molecule has 1 saturated carbocycles. The standard InChI is InChI=1S/C24H22N2O3/c1-2-14-5-3-4-6-19(14)25-22(27)15-9-11-18(12-10-15)26-23(28)20-16-7-8-17(13-16)21(20)24(26)29/h3-12,16-17,20-21H,2,13H2,1H3,(H,25,27)/t16-,17-,20+,21+/m1/s1. The van der Waals surface area contributed by atoms with Gasteiger partial charge in [-0.15, -0.1) is 0 Å². The van der Waals surface area contributed by atoms with Gasteiger partial charge in [-0.25, -0.2) is 0 Å². The summed E-state index contributed by atoms with van der Waals surface area (Å²) in [6, 6.07) is 14.4. The van der Waals surface area contributed by atoms with Crippen molar-refractivity contribution in [2.24, 2.45) is 23.7 Å². The highest BCUT2D eigenvalue weighted by Crippen LogP contribution is 2.53. The number of carbonyl (C=O) groups excluding carboxylic acids is 3. The molecule has 3 amide bonds. The minimum atomic E-state index is -0.217. The van der Waals surface area contributed by atoms with Gasteiger partial charge in [-0.05, 0) is 60.6 Å². The maximum Gasteiger partial charge on any atom is 0.255 e. The number of hydrogen-bond acceptors (Lipinski definition) is 3. The molecule has 5 heteroatoms. The number of nitrogens with zero attached hydrogens (tertiary/aromatic N) is 1. The highest BCUT2D eigenvalue weighted by Gasteiger charge is 2.59. The van der Waals surface area contributed by atoms with E-state index in [0.717, 1.165) is 24.1 Å². The van der Waals surface area contributed by atoms with Crippen LogP contribution in [0.15, 0.2) is 60.7 Å². The molecule has 2 fully saturated rings. The average Bonchev–Trinajstić information content (AvgIpc) is 3.42. The van der Waals surface area contributed by atoms with Crippen molar-refractivity contribution in [2.75, 3.05) is 10.2 Å². The van der Waals surface area contributed by atoms with Crippen LogP contribution in [0.1, 0.15) is 29.3 Å². The van der Waals surface area contributed by atoms with Crippen molar-refractivity contribution in [3.05, 3.63) is 71.8 Å². The first kappa shape index (κ1) is 17.9. The first-order chi connectivity index (χ1) is 14.1. The van der Waals surface area contributed by atoms with Crippen LogP contribution >= 0.6 is 0 Å². The molecule has 0 spiro atoms. The molecular formula is C24H22N2O3. The van der Waals surface area contributed by atoms with Gasteiger partial charge in [0.25, 0.3) is 5.91 Å². The van der Waals surface area contributed by atoms with E-state index in [1.54, 1.807) is 24.3 Å². The fraction of sp³-hybridized carbons (Fsp3) is 0.292. The van der Waals surface area contributed by atoms with Gasteiger partial charge in [-0.3, -0.25) is 19.3 Å². The van der Waals surface area contributed by atoms with E-state index in [2.05, 4.69) is 17.5 Å². The Morgan fingerprint density at radius 1 is 0.966 bits per heavy atom. The lowest BCUT2D eigenvalue weighted by Crippen LogP contribution is -2.32.